The SMILES string of the molecule is FC(F)(F)c1cc2c(NCc3cncs3)nccn2n1. The largest absolute Gasteiger partial charge is 0.435 e. The molecule has 0 unspecified atom stereocenters. The highest BCUT2D eigenvalue weighted by Crippen LogP contribution is 2.30. The number of aromatic nitrogens is 4. The maximum absolute atomic E-state index is 12.6. The minimum absolute atomic E-state index is 0.282. The van der Waals surface area contributed by atoms with E-state index in [9.17, 15) is 13.2 Å². The average Bonchev–Trinajstić information content (AvgIpc) is 3.04. The van der Waals surface area contributed by atoms with Crippen molar-refractivity contribution in [2.75, 3.05) is 5.32 Å². The average molecular weight is 299 g/mol. The summed E-state index contributed by atoms with van der Waals surface area (Å²) in [5, 5.41) is 6.48. The van der Waals surface area contributed by atoms with Crippen molar-refractivity contribution in [1.82, 2.24) is 19.6 Å². The summed E-state index contributed by atoms with van der Waals surface area (Å²) >= 11 is 1.45. The molecule has 20 heavy (non-hydrogen) atoms. The van der Waals surface area contributed by atoms with Gasteiger partial charge in [0.05, 0.1) is 12.1 Å². The van der Waals surface area contributed by atoms with E-state index in [-0.39, 0.29) is 5.52 Å². The Hall–Kier alpha value is -2.16. The van der Waals surface area contributed by atoms with E-state index in [4.69, 9.17) is 0 Å². The number of fused-ring (bicyclic) bond motifs is 1. The standard InChI is InChI=1S/C11H8F3N5S/c12-11(13,14)9-3-8-10(16-1-2-19(8)18-9)17-5-7-4-15-6-20-7/h1-4,6H,5H2,(H,16,17). The Balaban J connectivity index is 1.92. The molecule has 0 aliphatic heterocycles. The van der Waals surface area contributed by atoms with Crippen LogP contribution in [0.2, 0.25) is 0 Å². The second-order valence-corrected chi connectivity index (χ2v) is 4.93. The molecule has 1 N–H and O–H groups in total. The van der Waals surface area contributed by atoms with Gasteiger partial charge >= 0.3 is 6.18 Å². The monoisotopic (exact) mass is 299 g/mol. The van der Waals surface area contributed by atoms with Gasteiger partial charge in [-0.3, -0.25) is 4.98 Å². The van der Waals surface area contributed by atoms with E-state index in [2.05, 4.69) is 20.4 Å². The van der Waals surface area contributed by atoms with E-state index < -0.39 is 11.9 Å². The van der Waals surface area contributed by atoms with Crippen LogP contribution < -0.4 is 5.32 Å². The van der Waals surface area contributed by atoms with Crippen LogP contribution in [-0.2, 0) is 12.7 Å². The number of hydrogen-bond donors (Lipinski definition) is 1. The minimum atomic E-state index is -4.47. The molecule has 0 atom stereocenters. The third-order valence-corrected chi connectivity index (χ3v) is 3.37. The lowest BCUT2D eigenvalue weighted by molar-refractivity contribution is -0.141. The molecule has 0 fully saturated rings. The molecule has 9 heteroatoms. The molecule has 3 aromatic rings. The van der Waals surface area contributed by atoms with Crippen LogP contribution in [0.5, 0.6) is 0 Å². The summed E-state index contributed by atoms with van der Waals surface area (Å²) in [6.45, 7) is 0.448. The van der Waals surface area contributed by atoms with E-state index in [1.807, 2.05) is 0 Å². The lowest BCUT2D eigenvalue weighted by Crippen LogP contribution is -2.05. The maximum Gasteiger partial charge on any atom is 0.435 e. The molecule has 0 aliphatic carbocycles. The highest BCUT2D eigenvalue weighted by molar-refractivity contribution is 7.09. The van der Waals surface area contributed by atoms with Gasteiger partial charge in [0.1, 0.15) is 5.52 Å². The topological polar surface area (TPSA) is 55.1 Å². The number of anilines is 1. The fraction of sp³-hybridized carbons (Fsp3) is 0.182. The first kappa shape index (κ1) is 12.9. The Morgan fingerprint density at radius 2 is 2.20 bits per heavy atom. The van der Waals surface area contributed by atoms with Gasteiger partial charge < -0.3 is 5.32 Å². The first-order valence-electron chi connectivity index (χ1n) is 5.57. The normalized spacial score (nSPS) is 11.9. The van der Waals surface area contributed by atoms with Crippen molar-refractivity contribution >= 4 is 22.7 Å². The molecule has 104 valence electrons. The van der Waals surface area contributed by atoms with Crippen molar-refractivity contribution in [2.45, 2.75) is 12.7 Å². The van der Waals surface area contributed by atoms with Gasteiger partial charge in [-0.2, -0.15) is 18.3 Å². The molecule has 3 heterocycles. The highest BCUT2D eigenvalue weighted by atomic mass is 32.1. The highest BCUT2D eigenvalue weighted by Gasteiger charge is 2.34. The fourth-order valence-corrected chi connectivity index (χ4v) is 2.23. The van der Waals surface area contributed by atoms with Gasteiger partial charge in [0.25, 0.3) is 0 Å². The first-order chi connectivity index (χ1) is 9.54. The molecule has 0 radical (unpaired) electrons. The minimum Gasteiger partial charge on any atom is -0.363 e. The molecule has 3 aromatic heterocycles. The second-order valence-electron chi connectivity index (χ2n) is 3.95. The molecule has 0 aromatic carbocycles. The predicted octanol–water partition coefficient (Wildman–Crippen LogP) is 2.82. The second kappa shape index (κ2) is 4.75. The number of halogens is 3. The Labute approximate surface area is 115 Å². The number of thiazole rings is 1. The van der Waals surface area contributed by atoms with Crippen molar-refractivity contribution in [3.8, 4) is 0 Å². The van der Waals surface area contributed by atoms with Crippen LogP contribution in [0, 0.1) is 0 Å². The fourth-order valence-electron chi connectivity index (χ4n) is 1.70. The van der Waals surface area contributed by atoms with E-state index in [0.717, 1.165) is 15.5 Å². The van der Waals surface area contributed by atoms with Crippen LogP contribution >= 0.6 is 11.3 Å². The Bertz CT molecular complexity index is 719. The molecule has 0 bridgehead atoms. The number of nitrogens with one attached hydrogen (secondary N) is 1. The quantitative estimate of drug-likeness (QED) is 0.808. The molecule has 0 amide bonds. The maximum atomic E-state index is 12.6. The Morgan fingerprint density at radius 3 is 2.90 bits per heavy atom. The molecule has 3 rings (SSSR count). The van der Waals surface area contributed by atoms with Crippen LogP contribution in [0.4, 0.5) is 19.0 Å². The van der Waals surface area contributed by atoms with Gasteiger partial charge in [0.15, 0.2) is 11.5 Å². The van der Waals surface area contributed by atoms with E-state index in [0.29, 0.717) is 12.4 Å². The first-order valence-corrected chi connectivity index (χ1v) is 6.45. The van der Waals surface area contributed by atoms with Crippen molar-refractivity contribution in [2.24, 2.45) is 0 Å². The summed E-state index contributed by atoms with van der Waals surface area (Å²) in [5.74, 6) is 0.351. The van der Waals surface area contributed by atoms with E-state index >= 15 is 0 Å². The molecular formula is C11H8F3N5S. The molecular weight excluding hydrogens is 291 g/mol. The summed E-state index contributed by atoms with van der Waals surface area (Å²) in [6, 6.07) is 0.974. The summed E-state index contributed by atoms with van der Waals surface area (Å²) in [5.41, 5.74) is 1.03. The van der Waals surface area contributed by atoms with Gasteiger partial charge in [0.2, 0.25) is 0 Å². The molecule has 0 spiro atoms. The molecule has 0 saturated heterocycles. The van der Waals surface area contributed by atoms with Crippen LogP contribution in [0.15, 0.2) is 30.2 Å². The van der Waals surface area contributed by atoms with Crippen molar-refractivity contribution < 1.29 is 13.2 Å². The van der Waals surface area contributed by atoms with E-state index in [1.165, 1.54) is 23.7 Å². The van der Waals surface area contributed by atoms with Gasteiger partial charge in [-0.25, -0.2) is 9.50 Å². The van der Waals surface area contributed by atoms with Gasteiger partial charge in [-0.15, -0.1) is 11.3 Å². The number of nitrogens with zero attached hydrogens (tertiary/aromatic N) is 4. The zero-order valence-corrected chi connectivity index (χ0v) is 10.7. The smallest absolute Gasteiger partial charge is 0.363 e. The Morgan fingerprint density at radius 1 is 1.35 bits per heavy atom. The number of rotatable bonds is 3. The van der Waals surface area contributed by atoms with Crippen LogP contribution in [0.25, 0.3) is 5.52 Å². The van der Waals surface area contributed by atoms with Crippen molar-refractivity contribution in [3.63, 3.8) is 0 Å². The van der Waals surface area contributed by atoms with E-state index in [1.54, 1.807) is 11.7 Å². The summed E-state index contributed by atoms with van der Waals surface area (Å²) < 4.78 is 39.1. The number of alkyl halides is 3. The van der Waals surface area contributed by atoms with Gasteiger partial charge in [0, 0.05) is 29.5 Å². The van der Waals surface area contributed by atoms with Crippen molar-refractivity contribution in [3.05, 3.63) is 40.7 Å². The number of hydrogen-bond acceptors (Lipinski definition) is 5. The Kier molecular flexibility index (Phi) is 3.05. The molecule has 0 saturated carbocycles. The molecule has 0 aliphatic rings. The zero-order valence-electron chi connectivity index (χ0n) is 9.92. The summed E-state index contributed by atoms with van der Waals surface area (Å²) in [7, 11) is 0. The lowest BCUT2D eigenvalue weighted by Gasteiger charge is -2.04. The third kappa shape index (κ3) is 2.44. The molecule has 5 nitrogen and oxygen atoms in total. The van der Waals surface area contributed by atoms with Crippen LogP contribution in [0.1, 0.15) is 10.6 Å². The zero-order chi connectivity index (χ0) is 14.2. The van der Waals surface area contributed by atoms with Crippen LogP contribution in [-0.4, -0.2) is 19.6 Å². The van der Waals surface area contributed by atoms with Gasteiger partial charge in [-0.05, 0) is 0 Å². The van der Waals surface area contributed by atoms with Gasteiger partial charge in [-0.1, -0.05) is 0 Å². The van der Waals surface area contributed by atoms with Crippen LogP contribution in [0.3, 0.4) is 0 Å². The van der Waals surface area contributed by atoms with Crippen molar-refractivity contribution in [1.29, 1.82) is 0 Å². The predicted molar refractivity (Wildman–Crippen MR) is 67.4 cm³/mol. The summed E-state index contributed by atoms with van der Waals surface area (Å²) in [4.78, 5) is 8.93. The lowest BCUT2D eigenvalue weighted by atomic mass is 10.3. The third-order valence-electron chi connectivity index (χ3n) is 2.59. The summed E-state index contributed by atoms with van der Waals surface area (Å²) in [6.07, 6.45) is -0.00605.